The van der Waals surface area contributed by atoms with Crippen molar-refractivity contribution < 1.29 is 14.2 Å². The molecule has 3 N–H and O–H groups in total. The molecule has 1 saturated heterocycles. The summed E-state index contributed by atoms with van der Waals surface area (Å²) >= 11 is 0. The lowest BCUT2D eigenvalue weighted by atomic mass is 10.00. The van der Waals surface area contributed by atoms with Gasteiger partial charge in [0, 0.05) is 25.7 Å². The molecule has 7 heteroatoms. The summed E-state index contributed by atoms with van der Waals surface area (Å²) in [4.78, 5) is 4.49. The Labute approximate surface area is 134 Å². The van der Waals surface area contributed by atoms with Gasteiger partial charge in [0.05, 0.1) is 12.6 Å². The summed E-state index contributed by atoms with van der Waals surface area (Å²) in [6.07, 6.45) is 1.13. The molecule has 1 fully saturated rings. The van der Waals surface area contributed by atoms with Crippen LogP contribution < -0.4 is 5.32 Å². The Morgan fingerprint density at radius 3 is 3.00 bits per heavy atom. The van der Waals surface area contributed by atoms with Gasteiger partial charge in [-0.05, 0) is 30.5 Å². The molecule has 0 saturated carbocycles. The molecule has 1 atom stereocenters. The molecule has 2 heterocycles. The summed E-state index contributed by atoms with van der Waals surface area (Å²) in [7, 11) is 0. The third-order valence-corrected chi connectivity index (χ3v) is 4.00. The Morgan fingerprint density at radius 1 is 1.39 bits per heavy atom. The van der Waals surface area contributed by atoms with Crippen molar-refractivity contribution in [2.75, 3.05) is 19.8 Å². The Bertz CT molecular complexity index is 628. The van der Waals surface area contributed by atoms with Crippen molar-refractivity contribution in [2.45, 2.75) is 31.4 Å². The lowest BCUT2D eigenvalue weighted by molar-refractivity contribution is 0.0836. The first kappa shape index (κ1) is 16.0. The predicted molar refractivity (Wildman–Crippen MR) is 82.2 cm³/mol. The standard InChI is InChI=1S/C16H21FN4O2/c17-13-3-1-2-12(8-13)14(22)9-18-10-15-19-16(21-20-15)11-4-6-23-7-5-11/h1-3,8,11,14,18,22H,4-7,9-10H2,(H,19,20,21). The first-order chi connectivity index (χ1) is 11.2. The van der Waals surface area contributed by atoms with Gasteiger partial charge in [0.15, 0.2) is 5.82 Å². The molecule has 1 aromatic heterocycles. The van der Waals surface area contributed by atoms with Crippen LogP contribution in [0.2, 0.25) is 0 Å². The predicted octanol–water partition coefficient (Wildman–Crippen LogP) is 1.66. The average Bonchev–Trinajstić information content (AvgIpc) is 3.04. The minimum Gasteiger partial charge on any atom is -0.387 e. The Kier molecular flexibility index (Phi) is 5.32. The van der Waals surface area contributed by atoms with E-state index in [1.807, 2.05) is 0 Å². The maximum absolute atomic E-state index is 13.1. The molecule has 0 amide bonds. The normalized spacial score (nSPS) is 17.3. The minimum absolute atomic E-state index is 0.316. The molecular weight excluding hydrogens is 299 g/mol. The second-order valence-electron chi connectivity index (χ2n) is 5.73. The second-order valence-corrected chi connectivity index (χ2v) is 5.73. The monoisotopic (exact) mass is 320 g/mol. The number of aliphatic hydroxyl groups excluding tert-OH is 1. The van der Waals surface area contributed by atoms with Gasteiger partial charge in [-0.2, -0.15) is 5.10 Å². The van der Waals surface area contributed by atoms with Crippen LogP contribution in [-0.4, -0.2) is 40.0 Å². The van der Waals surface area contributed by atoms with Crippen molar-refractivity contribution in [3.63, 3.8) is 0 Å². The zero-order valence-corrected chi connectivity index (χ0v) is 12.8. The molecular formula is C16H21FN4O2. The van der Waals surface area contributed by atoms with Crippen molar-refractivity contribution in [3.05, 3.63) is 47.3 Å². The van der Waals surface area contributed by atoms with Gasteiger partial charge >= 0.3 is 0 Å². The molecule has 23 heavy (non-hydrogen) atoms. The van der Waals surface area contributed by atoms with E-state index in [4.69, 9.17) is 4.74 Å². The number of hydrogen-bond acceptors (Lipinski definition) is 5. The lowest BCUT2D eigenvalue weighted by Gasteiger charge is -2.18. The fraction of sp³-hybridized carbons (Fsp3) is 0.500. The van der Waals surface area contributed by atoms with Gasteiger partial charge in [-0.1, -0.05) is 12.1 Å². The molecule has 0 bridgehead atoms. The highest BCUT2D eigenvalue weighted by atomic mass is 19.1. The topological polar surface area (TPSA) is 83.1 Å². The number of benzene rings is 1. The number of ether oxygens (including phenoxy) is 1. The zero-order valence-electron chi connectivity index (χ0n) is 12.8. The molecule has 0 radical (unpaired) electrons. The molecule has 0 spiro atoms. The number of hydrogen-bond donors (Lipinski definition) is 3. The third-order valence-electron chi connectivity index (χ3n) is 4.00. The Balaban J connectivity index is 1.48. The van der Waals surface area contributed by atoms with Crippen LogP contribution in [0.15, 0.2) is 24.3 Å². The highest BCUT2D eigenvalue weighted by Crippen LogP contribution is 2.23. The third kappa shape index (κ3) is 4.34. The van der Waals surface area contributed by atoms with Crippen LogP contribution in [0.1, 0.15) is 42.1 Å². The fourth-order valence-electron chi connectivity index (χ4n) is 2.69. The molecule has 3 rings (SSSR count). The van der Waals surface area contributed by atoms with E-state index in [1.54, 1.807) is 12.1 Å². The van der Waals surface area contributed by atoms with Crippen LogP contribution in [-0.2, 0) is 11.3 Å². The van der Waals surface area contributed by atoms with E-state index >= 15 is 0 Å². The fourth-order valence-corrected chi connectivity index (χ4v) is 2.69. The summed E-state index contributed by atoms with van der Waals surface area (Å²) in [5, 5.41) is 20.3. The average molecular weight is 320 g/mol. The molecule has 0 aliphatic carbocycles. The molecule has 2 aromatic rings. The first-order valence-electron chi connectivity index (χ1n) is 7.85. The van der Waals surface area contributed by atoms with Gasteiger partial charge in [-0.3, -0.25) is 5.10 Å². The smallest absolute Gasteiger partial charge is 0.154 e. The maximum atomic E-state index is 13.1. The number of H-pyrrole nitrogens is 1. The zero-order chi connectivity index (χ0) is 16.1. The Hall–Kier alpha value is -1.83. The quantitative estimate of drug-likeness (QED) is 0.754. The van der Waals surface area contributed by atoms with E-state index in [1.165, 1.54) is 12.1 Å². The Morgan fingerprint density at radius 2 is 2.22 bits per heavy atom. The summed E-state index contributed by atoms with van der Waals surface area (Å²) in [5.74, 6) is 1.57. The van der Waals surface area contributed by atoms with Gasteiger partial charge in [0.25, 0.3) is 0 Å². The van der Waals surface area contributed by atoms with E-state index in [0.717, 1.165) is 37.7 Å². The molecule has 1 aliphatic rings. The SMILES string of the molecule is OC(CNCc1nc(C2CCOCC2)n[nH]1)c1cccc(F)c1. The summed E-state index contributed by atoms with van der Waals surface area (Å²) in [5.41, 5.74) is 0.554. The molecule has 1 aliphatic heterocycles. The van der Waals surface area contributed by atoms with Crippen LogP contribution in [0.3, 0.4) is 0 Å². The van der Waals surface area contributed by atoms with E-state index < -0.39 is 6.10 Å². The van der Waals surface area contributed by atoms with Gasteiger partial charge < -0.3 is 15.2 Å². The van der Waals surface area contributed by atoms with Crippen molar-refractivity contribution in [1.82, 2.24) is 20.5 Å². The van der Waals surface area contributed by atoms with Crippen LogP contribution in [0.25, 0.3) is 0 Å². The van der Waals surface area contributed by atoms with Gasteiger partial charge in [0.2, 0.25) is 0 Å². The van der Waals surface area contributed by atoms with Crippen molar-refractivity contribution >= 4 is 0 Å². The number of halogens is 1. The number of nitrogens with zero attached hydrogens (tertiary/aromatic N) is 2. The van der Waals surface area contributed by atoms with Crippen LogP contribution in [0, 0.1) is 5.82 Å². The van der Waals surface area contributed by atoms with E-state index in [0.29, 0.717) is 24.6 Å². The summed E-state index contributed by atoms with van der Waals surface area (Å²) in [6, 6.07) is 5.98. The number of aromatic amines is 1. The molecule has 1 aromatic carbocycles. The lowest BCUT2D eigenvalue weighted by Crippen LogP contribution is -2.21. The number of aromatic nitrogens is 3. The number of aliphatic hydroxyl groups is 1. The van der Waals surface area contributed by atoms with E-state index in [-0.39, 0.29) is 5.82 Å². The number of nitrogens with one attached hydrogen (secondary N) is 2. The first-order valence-corrected chi connectivity index (χ1v) is 7.85. The highest BCUT2D eigenvalue weighted by Gasteiger charge is 2.20. The van der Waals surface area contributed by atoms with E-state index in [2.05, 4.69) is 20.5 Å². The minimum atomic E-state index is -0.761. The van der Waals surface area contributed by atoms with Crippen LogP contribution in [0.4, 0.5) is 4.39 Å². The van der Waals surface area contributed by atoms with Crippen LogP contribution in [0.5, 0.6) is 0 Å². The summed E-state index contributed by atoms with van der Waals surface area (Å²) in [6.45, 7) is 2.30. The summed E-state index contributed by atoms with van der Waals surface area (Å²) < 4.78 is 18.5. The second kappa shape index (κ2) is 7.63. The maximum Gasteiger partial charge on any atom is 0.154 e. The van der Waals surface area contributed by atoms with Gasteiger partial charge in [-0.25, -0.2) is 9.37 Å². The van der Waals surface area contributed by atoms with Crippen molar-refractivity contribution in [2.24, 2.45) is 0 Å². The molecule has 124 valence electrons. The van der Waals surface area contributed by atoms with Gasteiger partial charge in [-0.15, -0.1) is 0 Å². The van der Waals surface area contributed by atoms with Gasteiger partial charge in [0.1, 0.15) is 11.6 Å². The number of rotatable bonds is 6. The highest BCUT2D eigenvalue weighted by molar-refractivity contribution is 5.18. The molecule has 1 unspecified atom stereocenters. The molecule has 6 nitrogen and oxygen atoms in total. The van der Waals surface area contributed by atoms with Crippen LogP contribution >= 0.6 is 0 Å². The van der Waals surface area contributed by atoms with E-state index in [9.17, 15) is 9.50 Å². The largest absolute Gasteiger partial charge is 0.387 e. The van der Waals surface area contributed by atoms with Crippen molar-refractivity contribution in [1.29, 1.82) is 0 Å². The van der Waals surface area contributed by atoms with Crippen molar-refractivity contribution in [3.8, 4) is 0 Å².